The zero-order valence-corrected chi connectivity index (χ0v) is 14.7. The number of hydrogen-bond acceptors (Lipinski definition) is 6. The van der Waals surface area contributed by atoms with Crippen LogP contribution in [0.2, 0.25) is 0 Å². The third-order valence-electron chi connectivity index (χ3n) is 3.74. The number of hydrogen-bond donors (Lipinski definition) is 0. The molecule has 2 aromatic carbocycles. The molecule has 26 heavy (non-hydrogen) atoms. The fraction of sp³-hybridized carbons (Fsp3) is 0.263. The van der Waals surface area contributed by atoms with Crippen LogP contribution in [-0.4, -0.2) is 29.2 Å². The lowest BCUT2D eigenvalue weighted by Gasteiger charge is -2.14. The number of ether oxygens (including phenoxy) is 2. The minimum Gasteiger partial charge on any atom is -0.497 e. The molecule has 0 bridgehead atoms. The van der Waals surface area contributed by atoms with Crippen molar-refractivity contribution in [1.29, 1.82) is 0 Å². The fourth-order valence-corrected chi connectivity index (χ4v) is 2.44. The average molecular weight is 357 g/mol. The van der Waals surface area contributed by atoms with Crippen LogP contribution in [-0.2, 0) is 19.7 Å². The summed E-state index contributed by atoms with van der Waals surface area (Å²) in [4.78, 5) is 6.20. The van der Waals surface area contributed by atoms with Gasteiger partial charge in [0.25, 0.3) is 0 Å². The van der Waals surface area contributed by atoms with Crippen molar-refractivity contribution in [3.63, 3.8) is 0 Å². The topological polar surface area (TPSA) is 60.6 Å². The molecule has 0 aliphatic heterocycles. The zero-order chi connectivity index (χ0) is 18.4. The van der Waals surface area contributed by atoms with Crippen LogP contribution in [0.15, 0.2) is 53.1 Å². The molecule has 3 rings (SSSR count). The molecule has 0 N–H and O–H groups in total. The molecule has 0 unspecified atom stereocenters. The highest BCUT2D eigenvalue weighted by atomic mass is 19.1. The van der Waals surface area contributed by atoms with Crippen molar-refractivity contribution in [3.8, 4) is 11.5 Å². The molecule has 0 radical (unpaired) electrons. The maximum absolute atomic E-state index is 13.7. The third kappa shape index (κ3) is 4.80. The van der Waals surface area contributed by atoms with E-state index in [0.29, 0.717) is 36.1 Å². The minimum atomic E-state index is -0.224. The van der Waals surface area contributed by atoms with Crippen LogP contribution < -0.4 is 9.47 Å². The SMILES string of the molecule is COc1ccc(OCc2noc(CN(C)Cc3ccccc3F)n2)cc1. The monoisotopic (exact) mass is 357 g/mol. The molecule has 0 aliphatic carbocycles. The Morgan fingerprint density at radius 1 is 1.04 bits per heavy atom. The number of rotatable bonds is 8. The quantitative estimate of drug-likeness (QED) is 0.616. The molecule has 3 aromatic rings. The lowest BCUT2D eigenvalue weighted by molar-refractivity contribution is 0.254. The van der Waals surface area contributed by atoms with Crippen molar-refractivity contribution in [2.24, 2.45) is 0 Å². The first-order valence-corrected chi connectivity index (χ1v) is 8.14. The Bertz CT molecular complexity index is 836. The molecule has 0 atom stereocenters. The molecule has 0 saturated heterocycles. The predicted octanol–water partition coefficient (Wildman–Crippen LogP) is 3.43. The molecule has 0 spiro atoms. The lowest BCUT2D eigenvalue weighted by atomic mass is 10.2. The number of methoxy groups -OCH3 is 1. The Hall–Kier alpha value is -2.93. The van der Waals surface area contributed by atoms with Gasteiger partial charge in [0.05, 0.1) is 13.7 Å². The van der Waals surface area contributed by atoms with Gasteiger partial charge < -0.3 is 14.0 Å². The molecular formula is C19H20FN3O3. The Morgan fingerprint density at radius 3 is 2.50 bits per heavy atom. The predicted molar refractivity (Wildman–Crippen MR) is 93.2 cm³/mol. The second-order valence-corrected chi connectivity index (χ2v) is 5.83. The van der Waals surface area contributed by atoms with Gasteiger partial charge >= 0.3 is 0 Å². The van der Waals surface area contributed by atoms with Crippen LogP contribution >= 0.6 is 0 Å². The summed E-state index contributed by atoms with van der Waals surface area (Å²) in [6, 6.07) is 13.9. The fourth-order valence-electron chi connectivity index (χ4n) is 2.44. The van der Waals surface area contributed by atoms with E-state index in [-0.39, 0.29) is 12.4 Å². The van der Waals surface area contributed by atoms with E-state index in [2.05, 4.69) is 10.1 Å². The van der Waals surface area contributed by atoms with Crippen molar-refractivity contribution < 1.29 is 18.4 Å². The maximum Gasteiger partial charge on any atom is 0.240 e. The van der Waals surface area contributed by atoms with Gasteiger partial charge in [-0.05, 0) is 37.4 Å². The van der Waals surface area contributed by atoms with Crippen LogP contribution in [0.3, 0.4) is 0 Å². The summed E-state index contributed by atoms with van der Waals surface area (Å²) in [6.45, 7) is 1.07. The Morgan fingerprint density at radius 2 is 1.77 bits per heavy atom. The normalized spacial score (nSPS) is 10.9. The van der Waals surface area contributed by atoms with Crippen molar-refractivity contribution in [3.05, 3.63) is 71.6 Å². The van der Waals surface area contributed by atoms with Crippen LogP contribution in [0.4, 0.5) is 4.39 Å². The van der Waals surface area contributed by atoms with Crippen molar-refractivity contribution in [2.45, 2.75) is 19.7 Å². The van der Waals surface area contributed by atoms with E-state index in [9.17, 15) is 4.39 Å². The van der Waals surface area contributed by atoms with Gasteiger partial charge in [-0.1, -0.05) is 23.4 Å². The summed E-state index contributed by atoms with van der Waals surface area (Å²) in [5.41, 5.74) is 0.623. The summed E-state index contributed by atoms with van der Waals surface area (Å²) in [6.07, 6.45) is 0. The summed E-state index contributed by atoms with van der Waals surface area (Å²) < 4.78 is 29.6. The summed E-state index contributed by atoms with van der Waals surface area (Å²) in [5, 5.41) is 3.91. The van der Waals surface area contributed by atoms with Gasteiger partial charge in [-0.3, -0.25) is 4.90 Å². The molecule has 1 heterocycles. The first-order valence-electron chi connectivity index (χ1n) is 8.14. The van der Waals surface area contributed by atoms with E-state index in [4.69, 9.17) is 14.0 Å². The van der Waals surface area contributed by atoms with Gasteiger partial charge in [0.15, 0.2) is 6.61 Å². The van der Waals surface area contributed by atoms with Crippen LogP contribution in [0.25, 0.3) is 0 Å². The molecule has 0 fully saturated rings. The number of aromatic nitrogens is 2. The van der Waals surface area contributed by atoms with E-state index in [0.717, 1.165) is 5.75 Å². The van der Waals surface area contributed by atoms with E-state index in [1.165, 1.54) is 6.07 Å². The van der Waals surface area contributed by atoms with E-state index in [1.807, 2.05) is 42.3 Å². The molecule has 136 valence electrons. The van der Waals surface area contributed by atoms with Gasteiger partial charge in [-0.15, -0.1) is 0 Å². The van der Waals surface area contributed by atoms with Crippen LogP contribution in [0.1, 0.15) is 17.3 Å². The first kappa shape index (κ1) is 17.9. The highest BCUT2D eigenvalue weighted by molar-refractivity contribution is 5.31. The number of benzene rings is 2. The molecule has 0 aliphatic rings. The minimum absolute atomic E-state index is 0.201. The van der Waals surface area contributed by atoms with Crippen LogP contribution in [0.5, 0.6) is 11.5 Å². The van der Waals surface area contributed by atoms with Gasteiger partial charge in [0.1, 0.15) is 17.3 Å². The number of halogens is 1. The van der Waals surface area contributed by atoms with E-state index in [1.54, 1.807) is 19.2 Å². The zero-order valence-electron chi connectivity index (χ0n) is 14.7. The molecule has 0 amide bonds. The highest BCUT2D eigenvalue weighted by Crippen LogP contribution is 2.18. The molecule has 6 nitrogen and oxygen atoms in total. The second kappa shape index (κ2) is 8.44. The lowest BCUT2D eigenvalue weighted by Crippen LogP contribution is -2.18. The van der Waals surface area contributed by atoms with Crippen LogP contribution in [0, 0.1) is 5.82 Å². The van der Waals surface area contributed by atoms with Gasteiger partial charge in [0, 0.05) is 12.1 Å². The summed E-state index contributed by atoms with van der Waals surface area (Å²) >= 11 is 0. The first-order chi connectivity index (χ1) is 12.6. The molecular weight excluding hydrogens is 337 g/mol. The standard InChI is InChI=1S/C19H20FN3O3/c1-23(11-14-5-3-4-6-17(14)20)12-19-21-18(22-26-19)13-25-16-9-7-15(24-2)8-10-16/h3-10H,11-13H2,1-2H3. The van der Waals surface area contributed by atoms with Crippen molar-refractivity contribution >= 4 is 0 Å². The van der Waals surface area contributed by atoms with E-state index < -0.39 is 0 Å². The summed E-state index contributed by atoms with van der Waals surface area (Å²) in [7, 11) is 3.48. The maximum atomic E-state index is 13.7. The second-order valence-electron chi connectivity index (χ2n) is 5.83. The Balaban J connectivity index is 1.51. The van der Waals surface area contributed by atoms with Crippen molar-refractivity contribution in [2.75, 3.05) is 14.2 Å². The Kier molecular flexibility index (Phi) is 5.80. The average Bonchev–Trinajstić information content (AvgIpc) is 3.09. The molecule has 7 heteroatoms. The third-order valence-corrected chi connectivity index (χ3v) is 3.74. The van der Waals surface area contributed by atoms with Crippen molar-refractivity contribution in [1.82, 2.24) is 15.0 Å². The van der Waals surface area contributed by atoms with Gasteiger partial charge in [-0.2, -0.15) is 4.98 Å². The van der Waals surface area contributed by atoms with Gasteiger partial charge in [0.2, 0.25) is 11.7 Å². The largest absolute Gasteiger partial charge is 0.497 e. The van der Waals surface area contributed by atoms with Gasteiger partial charge in [-0.25, -0.2) is 4.39 Å². The highest BCUT2D eigenvalue weighted by Gasteiger charge is 2.11. The summed E-state index contributed by atoms with van der Waals surface area (Å²) in [5.74, 6) is 2.14. The Labute approximate surface area is 151 Å². The number of nitrogens with zero attached hydrogens (tertiary/aromatic N) is 3. The molecule has 0 saturated carbocycles. The smallest absolute Gasteiger partial charge is 0.240 e. The van der Waals surface area contributed by atoms with E-state index >= 15 is 0 Å². The molecule has 1 aromatic heterocycles.